The quantitative estimate of drug-likeness (QED) is 0.230. The van der Waals surface area contributed by atoms with E-state index in [-0.39, 0.29) is 0 Å². The van der Waals surface area contributed by atoms with E-state index in [2.05, 4.69) is 23.3 Å². The fourth-order valence-electron chi connectivity index (χ4n) is 1.52. The summed E-state index contributed by atoms with van der Waals surface area (Å²) >= 11 is 0. The molecule has 0 unspecified atom stereocenters. The molecule has 0 aliphatic heterocycles. The third kappa shape index (κ3) is 23.1. The molecular formula is C23H28O4S. The fraction of sp³-hybridized carbons (Fsp3) is 0.130. The Kier molecular flexibility index (Phi) is 16.9. The van der Waals surface area contributed by atoms with Crippen molar-refractivity contribution in [3.63, 3.8) is 0 Å². The Morgan fingerprint density at radius 2 is 0.929 bits per heavy atom. The molecule has 0 saturated carbocycles. The molecule has 0 radical (unpaired) electrons. The highest BCUT2D eigenvalue weighted by Crippen LogP contribution is 1.90. The average Bonchev–Trinajstić information content (AvgIpc) is 2.65. The first-order valence-corrected chi connectivity index (χ1v) is 10.2. The van der Waals surface area contributed by atoms with Crippen LogP contribution in [0.4, 0.5) is 0 Å². The molecule has 0 atom stereocenters. The van der Waals surface area contributed by atoms with E-state index in [0.717, 1.165) is 12.7 Å². The highest BCUT2D eigenvalue weighted by molar-refractivity contribution is 7.81. The molecule has 0 aromatic carbocycles. The third-order valence-electron chi connectivity index (χ3n) is 2.74. The van der Waals surface area contributed by atoms with Gasteiger partial charge in [0.15, 0.2) is 0 Å². The smallest absolute Gasteiger partial charge is 0.370 e. The number of unbranched alkanes of at least 4 members (excludes halogenated alkanes) is 1. The van der Waals surface area contributed by atoms with Crippen molar-refractivity contribution in [2.24, 2.45) is 0 Å². The van der Waals surface area contributed by atoms with Crippen molar-refractivity contribution in [2.75, 3.05) is 0 Å². The van der Waals surface area contributed by atoms with Gasteiger partial charge in [-0.25, -0.2) is 0 Å². The predicted molar refractivity (Wildman–Crippen MR) is 119 cm³/mol. The molecule has 0 aromatic rings. The maximum absolute atomic E-state index is 10.3. The average molecular weight is 401 g/mol. The lowest BCUT2D eigenvalue weighted by atomic mass is 10.3. The standard InChI is InChI=1S/C23H28O4S/c1-2-3-4-5-6-7-8-9-10-11-12-13-14-15-16-17-18-19-20-21-22-23-27-28(24,25)26/h4-23H,2-3H2,1H3,(H,24,25,26). The van der Waals surface area contributed by atoms with Crippen LogP contribution >= 0.6 is 0 Å². The van der Waals surface area contributed by atoms with Gasteiger partial charge < -0.3 is 4.18 Å². The van der Waals surface area contributed by atoms with E-state index in [4.69, 9.17) is 4.55 Å². The van der Waals surface area contributed by atoms with E-state index in [0.29, 0.717) is 0 Å². The molecule has 150 valence electrons. The first kappa shape index (κ1) is 25.1. The number of hydrogen-bond donors (Lipinski definition) is 1. The zero-order valence-electron chi connectivity index (χ0n) is 16.0. The summed E-state index contributed by atoms with van der Waals surface area (Å²) in [6.45, 7) is 2.16. The van der Waals surface area contributed by atoms with Crippen molar-refractivity contribution in [2.45, 2.75) is 19.8 Å². The molecule has 1 N–H and O–H groups in total. The van der Waals surface area contributed by atoms with Gasteiger partial charge in [-0.3, -0.25) is 4.55 Å². The van der Waals surface area contributed by atoms with Gasteiger partial charge in [0, 0.05) is 0 Å². The van der Waals surface area contributed by atoms with Crippen LogP contribution in [0.1, 0.15) is 19.8 Å². The molecule has 0 aromatic heterocycles. The van der Waals surface area contributed by atoms with Gasteiger partial charge in [-0.15, -0.1) is 0 Å². The first-order valence-electron chi connectivity index (χ1n) is 8.87. The molecule has 0 heterocycles. The third-order valence-corrected chi connectivity index (χ3v) is 3.09. The van der Waals surface area contributed by atoms with Crippen LogP contribution in [0.5, 0.6) is 0 Å². The lowest BCUT2D eigenvalue weighted by Crippen LogP contribution is -1.96. The monoisotopic (exact) mass is 400 g/mol. The van der Waals surface area contributed by atoms with Crippen LogP contribution in [0, 0.1) is 0 Å². The molecule has 0 bridgehead atoms. The molecule has 4 nitrogen and oxygen atoms in total. The van der Waals surface area contributed by atoms with Crippen molar-refractivity contribution in [1.82, 2.24) is 0 Å². The molecule has 0 saturated heterocycles. The Labute approximate surface area is 169 Å². The second-order valence-corrected chi connectivity index (χ2v) is 6.20. The van der Waals surface area contributed by atoms with E-state index in [1.54, 1.807) is 18.2 Å². The van der Waals surface area contributed by atoms with E-state index in [1.807, 2.05) is 79.0 Å². The zero-order chi connectivity index (χ0) is 20.8. The van der Waals surface area contributed by atoms with Crippen LogP contribution in [0.15, 0.2) is 122 Å². The van der Waals surface area contributed by atoms with E-state index in [9.17, 15) is 8.42 Å². The van der Waals surface area contributed by atoms with Gasteiger partial charge in [0.25, 0.3) is 0 Å². The first-order chi connectivity index (χ1) is 13.6. The summed E-state index contributed by atoms with van der Waals surface area (Å²) in [7, 11) is -4.43. The highest BCUT2D eigenvalue weighted by Gasteiger charge is 1.97. The molecule has 0 fully saturated rings. The largest absolute Gasteiger partial charge is 0.445 e. The second kappa shape index (κ2) is 18.9. The Morgan fingerprint density at radius 1 is 0.607 bits per heavy atom. The molecule has 28 heavy (non-hydrogen) atoms. The van der Waals surface area contributed by atoms with E-state index < -0.39 is 10.4 Å². The van der Waals surface area contributed by atoms with Gasteiger partial charge in [-0.1, -0.05) is 123 Å². The van der Waals surface area contributed by atoms with Gasteiger partial charge in [-0.2, -0.15) is 8.42 Å². The number of allylic oxidation sites excluding steroid dienone is 19. The van der Waals surface area contributed by atoms with Gasteiger partial charge in [0.1, 0.15) is 6.26 Å². The normalized spacial score (nSPS) is 14.6. The Bertz CT molecular complexity index is 784. The van der Waals surface area contributed by atoms with E-state index in [1.165, 1.54) is 12.5 Å². The van der Waals surface area contributed by atoms with Crippen LogP contribution in [0.3, 0.4) is 0 Å². The maximum atomic E-state index is 10.3. The van der Waals surface area contributed by atoms with Crippen LogP contribution < -0.4 is 0 Å². The van der Waals surface area contributed by atoms with Crippen LogP contribution in [-0.2, 0) is 14.6 Å². The molecule has 5 heteroatoms. The Balaban J connectivity index is 3.95. The number of rotatable bonds is 13. The highest BCUT2D eigenvalue weighted by atomic mass is 32.3. The minimum Gasteiger partial charge on any atom is -0.370 e. The van der Waals surface area contributed by atoms with Gasteiger partial charge in [-0.05, 0) is 12.5 Å². The minimum atomic E-state index is -4.43. The van der Waals surface area contributed by atoms with Crippen molar-refractivity contribution in [3.05, 3.63) is 122 Å². The summed E-state index contributed by atoms with van der Waals surface area (Å²) in [5.74, 6) is 0. The molecule has 0 spiro atoms. The van der Waals surface area contributed by atoms with Crippen molar-refractivity contribution in [3.8, 4) is 0 Å². The van der Waals surface area contributed by atoms with Crippen molar-refractivity contribution in [1.29, 1.82) is 0 Å². The van der Waals surface area contributed by atoms with E-state index >= 15 is 0 Å². The lowest BCUT2D eigenvalue weighted by Gasteiger charge is -1.89. The predicted octanol–water partition coefficient (Wildman–Crippen LogP) is 6.13. The molecule has 0 aliphatic rings. The molecular weight excluding hydrogens is 372 g/mol. The van der Waals surface area contributed by atoms with Crippen molar-refractivity contribution >= 4 is 10.4 Å². The van der Waals surface area contributed by atoms with Crippen LogP contribution in [0.25, 0.3) is 0 Å². The summed E-state index contributed by atoms with van der Waals surface area (Å²) in [4.78, 5) is 0. The Hall–Kier alpha value is -2.89. The SMILES string of the molecule is CCCC=CC=CC=CC=CC=CC=CC=CC=CC=CC=COS(=O)(=O)O. The summed E-state index contributed by atoms with van der Waals surface area (Å²) in [5, 5.41) is 0. The van der Waals surface area contributed by atoms with Crippen molar-refractivity contribution < 1.29 is 17.2 Å². The summed E-state index contributed by atoms with van der Waals surface area (Å²) in [5.41, 5.74) is 0. The Morgan fingerprint density at radius 3 is 1.25 bits per heavy atom. The fourth-order valence-corrected chi connectivity index (χ4v) is 1.72. The van der Waals surface area contributed by atoms with Gasteiger partial charge in [0.05, 0.1) is 0 Å². The van der Waals surface area contributed by atoms with Crippen LogP contribution in [0.2, 0.25) is 0 Å². The maximum Gasteiger partial charge on any atom is 0.445 e. The topological polar surface area (TPSA) is 63.6 Å². The zero-order valence-corrected chi connectivity index (χ0v) is 16.9. The van der Waals surface area contributed by atoms with Crippen LogP contribution in [-0.4, -0.2) is 13.0 Å². The summed E-state index contributed by atoms with van der Waals surface area (Å²) in [6, 6.07) is 0. The number of hydrogen-bond acceptors (Lipinski definition) is 3. The summed E-state index contributed by atoms with van der Waals surface area (Å²) in [6.07, 6.45) is 38.9. The molecule has 0 rings (SSSR count). The van der Waals surface area contributed by atoms with Gasteiger partial charge in [0.2, 0.25) is 0 Å². The summed E-state index contributed by atoms with van der Waals surface area (Å²) < 4.78 is 32.8. The lowest BCUT2D eigenvalue weighted by molar-refractivity contribution is 0.356. The molecule has 0 aliphatic carbocycles. The van der Waals surface area contributed by atoms with Gasteiger partial charge >= 0.3 is 10.4 Å². The minimum absolute atomic E-state index is 0.873. The molecule has 0 amide bonds. The second-order valence-electron chi connectivity index (χ2n) is 5.15.